The number of piperidine rings is 1. The Kier molecular flexibility index (Phi) is 13.1. The normalized spacial score (nSPS) is 19.2. The molecule has 11 rings (SSSR count). The summed E-state index contributed by atoms with van der Waals surface area (Å²) in [7, 11) is 1.89. The number of thiazole rings is 1. The summed E-state index contributed by atoms with van der Waals surface area (Å²) in [5.74, 6) is -0.520. The number of nitrogens with zero attached hydrogens (tertiary/aromatic N) is 7. The molecule has 1 atom stereocenters. The summed E-state index contributed by atoms with van der Waals surface area (Å²) in [6, 6.07) is 29.0. The molecule has 1 aliphatic carbocycles. The molecule has 0 bridgehead atoms. The number of para-hydroxylation sites is 2. The van der Waals surface area contributed by atoms with Crippen molar-refractivity contribution in [1.29, 1.82) is 0 Å². The lowest BCUT2D eigenvalue weighted by molar-refractivity contribution is -0.134. The minimum absolute atomic E-state index is 0.00700. The maximum Gasteiger partial charge on any atom is 0.355 e. The van der Waals surface area contributed by atoms with Gasteiger partial charge in [-0.15, -0.1) is 0 Å². The number of imide groups is 1. The molecule has 1 unspecified atom stereocenters. The minimum Gasteiger partial charge on any atom is -0.490 e. The Bertz CT molecular complexity index is 3280. The smallest absolute Gasteiger partial charge is 0.355 e. The van der Waals surface area contributed by atoms with Crippen molar-refractivity contribution >= 4 is 78.7 Å². The molecule has 73 heavy (non-hydrogen) atoms. The van der Waals surface area contributed by atoms with Crippen LogP contribution in [0.25, 0.3) is 32.2 Å². The van der Waals surface area contributed by atoms with Gasteiger partial charge in [0, 0.05) is 75.7 Å². The van der Waals surface area contributed by atoms with Crippen LogP contribution in [0, 0.1) is 12.8 Å². The number of pyridine rings is 1. The summed E-state index contributed by atoms with van der Waals surface area (Å²) >= 11 is 1.43. The number of fused-ring (bicyclic) bond motifs is 3. The van der Waals surface area contributed by atoms with Crippen molar-refractivity contribution in [2.24, 2.45) is 13.0 Å². The number of amides is 4. The second kappa shape index (κ2) is 20.1. The van der Waals surface area contributed by atoms with Gasteiger partial charge in [0.05, 0.1) is 39.1 Å². The molecule has 7 aromatic rings. The van der Waals surface area contributed by atoms with Crippen molar-refractivity contribution in [3.8, 4) is 16.9 Å². The second-order valence-electron chi connectivity index (χ2n) is 19.7. The van der Waals surface area contributed by atoms with Gasteiger partial charge in [0.1, 0.15) is 11.6 Å². The molecule has 4 aromatic carbocycles. The number of aromatic carboxylic acids is 1. The predicted molar refractivity (Wildman–Crippen MR) is 280 cm³/mol. The Balaban J connectivity index is 0.681. The molecule has 374 valence electrons. The number of aryl methyl sites for hydroxylation is 1. The summed E-state index contributed by atoms with van der Waals surface area (Å²) in [5.41, 5.74) is 8.05. The van der Waals surface area contributed by atoms with E-state index in [2.05, 4.69) is 26.6 Å². The van der Waals surface area contributed by atoms with Crippen molar-refractivity contribution in [3.63, 3.8) is 0 Å². The van der Waals surface area contributed by atoms with Crippen LogP contribution >= 0.6 is 11.3 Å². The SMILES string of the molecule is Cc1c(O[C@H]2CC[C@H](CCC(=O)N3CCN(c4cccc5c(C6CCC(=O)NC6=O)nn(C)c45)CC3)CC2)cccc1-c1ccc(N2CCc3cccc(C(=O)Nc4nc5ccccc5s4)c3C2)nc1C(=O)O. The summed E-state index contributed by atoms with van der Waals surface area (Å²) in [4.78, 5) is 80.3. The highest BCUT2D eigenvalue weighted by Crippen LogP contribution is 2.39. The summed E-state index contributed by atoms with van der Waals surface area (Å²) in [5, 5.41) is 22.2. The van der Waals surface area contributed by atoms with Gasteiger partial charge in [0.2, 0.25) is 17.7 Å². The molecule has 1 saturated carbocycles. The molecule has 2 saturated heterocycles. The molecule has 0 spiro atoms. The number of benzene rings is 4. The number of carboxylic acid groups (broad SMARTS) is 1. The highest BCUT2D eigenvalue weighted by Gasteiger charge is 2.34. The number of carboxylic acids is 1. The molecule has 3 aromatic heterocycles. The monoisotopic (exact) mass is 999 g/mol. The predicted octanol–water partition coefficient (Wildman–Crippen LogP) is 8.65. The molecule has 3 fully saturated rings. The van der Waals surface area contributed by atoms with Gasteiger partial charge < -0.3 is 24.5 Å². The van der Waals surface area contributed by atoms with Crippen LogP contribution < -0.4 is 25.2 Å². The highest BCUT2D eigenvalue weighted by molar-refractivity contribution is 7.22. The number of anilines is 3. The van der Waals surface area contributed by atoms with Crippen molar-refractivity contribution in [3.05, 3.63) is 125 Å². The molecule has 0 radical (unpaired) electrons. The molecule has 3 N–H and O–H groups in total. The summed E-state index contributed by atoms with van der Waals surface area (Å²) in [6.07, 6.45) is 6.43. The highest BCUT2D eigenvalue weighted by atomic mass is 32.1. The first kappa shape index (κ1) is 47.7. The molecule has 16 nitrogen and oxygen atoms in total. The minimum atomic E-state index is -1.13. The summed E-state index contributed by atoms with van der Waals surface area (Å²) < 4.78 is 9.47. The van der Waals surface area contributed by atoms with Gasteiger partial charge in [-0.1, -0.05) is 59.9 Å². The first-order valence-electron chi connectivity index (χ1n) is 25.3. The van der Waals surface area contributed by atoms with Crippen molar-refractivity contribution in [2.45, 2.75) is 83.3 Å². The van der Waals surface area contributed by atoms with E-state index in [1.165, 1.54) is 11.3 Å². The maximum atomic E-state index is 13.7. The number of piperazine rings is 1. The van der Waals surface area contributed by atoms with E-state index in [-0.39, 0.29) is 35.4 Å². The topological polar surface area (TPSA) is 192 Å². The van der Waals surface area contributed by atoms with Crippen molar-refractivity contribution in [1.82, 2.24) is 30.0 Å². The van der Waals surface area contributed by atoms with Gasteiger partial charge in [-0.3, -0.25) is 34.5 Å². The lowest BCUT2D eigenvalue weighted by Gasteiger charge is -2.37. The van der Waals surface area contributed by atoms with Crippen LogP contribution in [-0.4, -0.2) is 98.2 Å². The first-order chi connectivity index (χ1) is 35.4. The Hall–Kier alpha value is -7.66. The van der Waals surface area contributed by atoms with E-state index in [1.807, 2.05) is 113 Å². The third-order valence-electron chi connectivity index (χ3n) is 15.3. The second-order valence-corrected chi connectivity index (χ2v) is 20.7. The average Bonchev–Trinajstić information content (AvgIpc) is 3.98. The number of aromatic nitrogens is 4. The van der Waals surface area contributed by atoms with Crippen molar-refractivity contribution in [2.75, 3.05) is 47.8 Å². The number of hydrogen-bond acceptors (Lipinski definition) is 12. The van der Waals surface area contributed by atoms with Gasteiger partial charge in [-0.2, -0.15) is 5.10 Å². The van der Waals surface area contributed by atoms with E-state index in [4.69, 9.17) is 14.8 Å². The zero-order valence-corrected chi connectivity index (χ0v) is 41.8. The standard InChI is InChI=1S/C56H57N9O7S/c1-33-37(38-21-23-47(58-51(38)55(70)71)65-27-26-35-8-5-10-39(42(35)32-65)53(68)60-56-57-43-12-3-4-15-46(43)73-56)9-7-14-45(33)72-36-19-16-34(17-20-36)18-25-49(67)64-30-28-63(29-31-64)44-13-6-11-40-50(61-62(2)52(40)44)41-22-24-48(66)59-54(41)69/h3-15,21,23,34,36,41H,16-20,22,24-32H2,1-2H3,(H,70,71)(H,57,60,68)(H,59,66,69)/t34-,36-,41?. The fourth-order valence-electron chi connectivity index (χ4n) is 11.3. The lowest BCUT2D eigenvalue weighted by atomic mass is 9.84. The van der Waals surface area contributed by atoms with E-state index in [1.54, 1.807) is 0 Å². The fourth-order valence-corrected chi connectivity index (χ4v) is 12.2. The van der Waals surface area contributed by atoms with Crippen LogP contribution in [0.5, 0.6) is 5.75 Å². The van der Waals surface area contributed by atoms with Crippen LogP contribution in [0.3, 0.4) is 0 Å². The zero-order chi connectivity index (χ0) is 50.3. The molecule has 17 heteroatoms. The van der Waals surface area contributed by atoms with Gasteiger partial charge in [0.15, 0.2) is 10.8 Å². The van der Waals surface area contributed by atoms with Crippen LogP contribution in [0.4, 0.5) is 16.6 Å². The Labute approximate surface area is 426 Å². The molecule has 4 amide bonds. The van der Waals surface area contributed by atoms with Crippen LogP contribution in [0.15, 0.2) is 91.0 Å². The maximum absolute atomic E-state index is 13.7. The van der Waals surface area contributed by atoms with E-state index in [0.717, 1.165) is 81.2 Å². The van der Waals surface area contributed by atoms with Gasteiger partial charge in [0.25, 0.3) is 5.91 Å². The number of carbonyl (C=O) groups excluding carboxylic acids is 4. The van der Waals surface area contributed by atoms with E-state index in [0.29, 0.717) is 104 Å². The van der Waals surface area contributed by atoms with E-state index < -0.39 is 11.9 Å². The Morgan fingerprint density at radius 1 is 0.822 bits per heavy atom. The van der Waals surface area contributed by atoms with Crippen molar-refractivity contribution < 1.29 is 33.8 Å². The number of carbonyl (C=O) groups is 5. The third kappa shape index (κ3) is 9.61. The van der Waals surface area contributed by atoms with Crippen LogP contribution in [0.1, 0.15) is 101 Å². The number of rotatable bonds is 12. The zero-order valence-electron chi connectivity index (χ0n) is 40.9. The van der Waals surface area contributed by atoms with Crippen LogP contribution in [-0.2, 0) is 34.4 Å². The molecule has 6 heterocycles. The number of ether oxygens (including phenoxy) is 1. The lowest BCUT2D eigenvalue weighted by Crippen LogP contribution is -2.49. The number of hydrogen-bond donors (Lipinski definition) is 3. The third-order valence-corrected chi connectivity index (χ3v) is 16.2. The van der Waals surface area contributed by atoms with Gasteiger partial charge in [-0.25, -0.2) is 14.8 Å². The molecule has 3 aliphatic heterocycles. The average molecular weight is 1000 g/mol. The quantitative estimate of drug-likeness (QED) is 0.0989. The van der Waals surface area contributed by atoms with Gasteiger partial charge >= 0.3 is 5.97 Å². The van der Waals surface area contributed by atoms with Gasteiger partial charge in [-0.05, 0) is 123 Å². The van der Waals surface area contributed by atoms with E-state index in [9.17, 15) is 29.1 Å². The first-order valence-corrected chi connectivity index (χ1v) is 26.1. The van der Waals surface area contributed by atoms with E-state index >= 15 is 0 Å². The molecular weight excluding hydrogens is 943 g/mol. The molecule has 4 aliphatic rings. The Morgan fingerprint density at radius 3 is 2.41 bits per heavy atom. The Morgan fingerprint density at radius 2 is 1.62 bits per heavy atom. The largest absolute Gasteiger partial charge is 0.490 e. The number of nitrogens with one attached hydrogen (secondary N) is 2. The molecular formula is C56H57N9O7S. The fraction of sp³-hybridized carbons (Fsp3) is 0.357. The van der Waals surface area contributed by atoms with Crippen LogP contribution in [0.2, 0.25) is 0 Å². The summed E-state index contributed by atoms with van der Waals surface area (Å²) in [6.45, 7) is 5.61.